The van der Waals surface area contributed by atoms with Crippen LogP contribution in [0, 0.1) is 0 Å². The van der Waals surface area contributed by atoms with Crippen LogP contribution in [-0.2, 0) is 11.3 Å². The zero-order chi connectivity index (χ0) is 13.7. The van der Waals surface area contributed by atoms with E-state index in [4.69, 9.17) is 10.5 Å². The van der Waals surface area contributed by atoms with Gasteiger partial charge in [-0.2, -0.15) is 5.10 Å². The Kier molecular flexibility index (Phi) is 4.99. The van der Waals surface area contributed by atoms with Gasteiger partial charge in [0, 0.05) is 11.7 Å². The predicted molar refractivity (Wildman–Crippen MR) is 76.9 cm³/mol. The molecule has 1 heterocycles. The summed E-state index contributed by atoms with van der Waals surface area (Å²) >= 11 is 0. The minimum absolute atomic E-state index is 0.186. The molecule has 108 valence electrons. The highest BCUT2D eigenvalue weighted by molar-refractivity contribution is 4.99. The number of aromatic nitrogens is 2. The van der Waals surface area contributed by atoms with Gasteiger partial charge in [0.15, 0.2) is 0 Å². The van der Waals surface area contributed by atoms with E-state index in [2.05, 4.69) is 35.9 Å². The van der Waals surface area contributed by atoms with Gasteiger partial charge in [-0.3, -0.25) is 4.68 Å². The summed E-state index contributed by atoms with van der Waals surface area (Å²) in [5.41, 5.74) is 7.04. The molecule has 4 heteroatoms. The minimum Gasteiger partial charge on any atom is -0.373 e. The minimum atomic E-state index is -0.186. The molecule has 1 aliphatic rings. The fourth-order valence-corrected chi connectivity index (χ4v) is 2.64. The summed E-state index contributed by atoms with van der Waals surface area (Å²) in [7, 11) is 0. The molecule has 0 amide bonds. The highest BCUT2D eigenvalue weighted by Crippen LogP contribution is 2.28. The molecule has 0 aromatic carbocycles. The molecule has 19 heavy (non-hydrogen) atoms. The molecule has 2 rings (SSSR count). The van der Waals surface area contributed by atoms with Crippen LogP contribution in [0.25, 0.3) is 0 Å². The molecular formula is C15H27N3O. The maximum absolute atomic E-state index is 6.21. The maximum Gasteiger partial charge on any atom is 0.0907 e. The molecule has 0 bridgehead atoms. The van der Waals surface area contributed by atoms with Crippen LogP contribution >= 0.6 is 0 Å². The summed E-state index contributed by atoms with van der Waals surface area (Å²) in [6.45, 7) is 5.40. The summed E-state index contributed by atoms with van der Waals surface area (Å²) in [6.07, 6.45) is 9.17. The monoisotopic (exact) mass is 265 g/mol. The first-order valence-corrected chi connectivity index (χ1v) is 7.57. The van der Waals surface area contributed by atoms with Crippen LogP contribution in [0.3, 0.4) is 0 Å². The molecule has 1 aromatic heterocycles. The van der Waals surface area contributed by atoms with Crippen molar-refractivity contribution in [2.75, 3.05) is 6.61 Å². The van der Waals surface area contributed by atoms with Crippen molar-refractivity contribution in [1.82, 2.24) is 9.78 Å². The van der Waals surface area contributed by atoms with Gasteiger partial charge in [-0.25, -0.2) is 0 Å². The smallest absolute Gasteiger partial charge is 0.0907 e. The molecule has 0 saturated heterocycles. The Bertz CT molecular complexity index is 378. The van der Waals surface area contributed by atoms with E-state index in [1.54, 1.807) is 0 Å². The fourth-order valence-electron chi connectivity index (χ4n) is 2.64. The first-order chi connectivity index (χ1) is 9.17. The molecule has 0 atom stereocenters. The third-order valence-electron chi connectivity index (χ3n) is 4.41. The first-order valence-electron chi connectivity index (χ1n) is 7.57. The fraction of sp³-hybridized carbons (Fsp3) is 0.800. The van der Waals surface area contributed by atoms with Crippen LogP contribution in [-0.4, -0.2) is 21.9 Å². The van der Waals surface area contributed by atoms with Crippen LogP contribution in [0.15, 0.2) is 12.3 Å². The second-order valence-corrected chi connectivity index (χ2v) is 5.79. The second kappa shape index (κ2) is 6.53. The van der Waals surface area contributed by atoms with Gasteiger partial charge in [0.25, 0.3) is 0 Å². The van der Waals surface area contributed by atoms with Gasteiger partial charge >= 0.3 is 0 Å². The quantitative estimate of drug-likeness (QED) is 0.824. The molecule has 1 aromatic rings. The molecule has 4 nitrogen and oxygen atoms in total. The van der Waals surface area contributed by atoms with E-state index < -0.39 is 0 Å². The number of hydrogen-bond acceptors (Lipinski definition) is 3. The Morgan fingerprint density at radius 3 is 2.68 bits per heavy atom. The van der Waals surface area contributed by atoms with E-state index in [0.29, 0.717) is 19.3 Å². The summed E-state index contributed by atoms with van der Waals surface area (Å²) in [6, 6.07) is 2.67. The SMILES string of the molecule is CCC(N)(CC)COCc1ccn(C2CCCC2)n1. The highest BCUT2D eigenvalue weighted by Gasteiger charge is 2.21. The van der Waals surface area contributed by atoms with E-state index in [1.165, 1.54) is 25.7 Å². The molecule has 1 saturated carbocycles. The van der Waals surface area contributed by atoms with Crippen molar-refractivity contribution in [1.29, 1.82) is 0 Å². The van der Waals surface area contributed by atoms with Crippen molar-refractivity contribution < 1.29 is 4.74 Å². The third kappa shape index (κ3) is 3.80. The van der Waals surface area contributed by atoms with E-state index in [9.17, 15) is 0 Å². The van der Waals surface area contributed by atoms with Crippen LogP contribution in [0.4, 0.5) is 0 Å². The number of rotatable bonds is 7. The van der Waals surface area contributed by atoms with Gasteiger partial charge in [0.2, 0.25) is 0 Å². The lowest BCUT2D eigenvalue weighted by Crippen LogP contribution is -2.43. The van der Waals surface area contributed by atoms with Gasteiger partial charge in [-0.1, -0.05) is 26.7 Å². The number of hydrogen-bond donors (Lipinski definition) is 1. The Labute approximate surface area is 116 Å². The molecule has 0 spiro atoms. The van der Waals surface area contributed by atoms with Crippen molar-refractivity contribution in [3.05, 3.63) is 18.0 Å². The predicted octanol–water partition coefficient (Wildman–Crippen LogP) is 3.03. The van der Waals surface area contributed by atoms with Crippen LogP contribution < -0.4 is 5.73 Å². The summed E-state index contributed by atoms with van der Waals surface area (Å²) < 4.78 is 7.85. The summed E-state index contributed by atoms with van der Waals surface area (Å²) in [5, 5.41) is 4.61. The van der Waals surface area contributed by atoms with Crippen molar-refractivity contribution >= 4 is 0 Å². The Balaban J connectivity index is 1.80. The highest BCUT2D eigenvalue weighted by atomic mass is 16.5. The lowest BCUT2D eigenvalue weighted by Gasteiger charge is -2.25. The number of nitrogens with two attached hydrogens (primary N) is 1. The Hall–Kier alpha value is -0.870. The zero-order valence-corrected chi connectivity index (χ0v) is 12.3. The Morgan fingerprint density at radius 1 is 1.37 bits per heavy atom. The molecular weight excluding hydrogens is 238 g/mol. The number of ether oxygens (including phenoxy) is 1. The normalized spacial score (nSPS) is 17.2. The molecule has 2 N–H and O–H groups in total. The van der Waals surface area contributed by atoms with E-state index >= 15 is 0 Å². The van der Waals surface area contributed by atoms with Gasteiger partial charge in [0.1, 0.15) is 0 Å². The van der Waals surface area contributed by atoms with Crippen molar-refractivity contribution in [2.45, 2.75) is 70.6 Å². The van der Waals surface area contributed by atoms with E-state index in [0.717, 1.165) is 18.5 Å². The van der Waals surface area contributed by atoms with Gasteiger partial charge < -0.3 is 10.5 Å². The lowest BCUT2D eigenvalue weighted by molar-refractivity contribution is 0.0673. The molecule has 0 aliphatic heterocycles. The molecule has 1 aliphatic carbocycles. The lowest BCUT2D eigenvalue weighted by atomic mass is 9.96. The third-order valence-corrected chi connectivity index (χ3v) is 4.41. The Morgan fingerprint density at radius 2 is 2.05 bits per heavy atom. The van der Waals surface area contributed by atoms with Crippen LogP contribution in [0.2, 0.25) is 0 Å². The van der Waals surface area contributed by atoms with E-state index in [-0.39, 0.29) is 5.54 Å². The summed E-state index contributed by atoms with van der Waals surface area (Å²) in [4.78, 5) is 0. The molecule has 0 radical (unpaired) electrons. The van der Waals surface area contributed by atoms with Crippen molar-refractivity contribution in [2.24, 2.45) is 5.73 Å². The molecule has 0 unspecified atom stereocenters. The largest absolute Gasteiger partial charge is 0.373 e. The van der Waals surface area contributed by atoms with Crippen molar-refractivity contribution in [3.8, 4) is 0 Å². The van der Waals surface area contributed by atoms with Crippen molar-refractivity contribution in [3.63, 3.8) is 0 Å². The van der Waals surface area contributed by atoms with Gasteiger partial charge in [-0.15, -0.1) is 0 Å². The number of nitrogens with zero attached hydrogens (tertiary/aromatic N) is 2. The average molecular weight is 265 g/mol. The average Bonchev–Trinajstić information content (AvgIpc) is 3.09. The molecule has 1 fully saturated rings. The first kappa shape index (κ1) is 14.5. The zero-order valence-electron chi connectivity index (χ0n) is 12.3. The van der Waals surface area contributed by atoms with E-state index in [1.807, 2.05) is 0 Å². The van der Waals surface area contributed by atoms with Gasteiger partial charge in [-0.05, 0) is 31.7 Å². The second-order valence-electron chi connectivity index (χ2n) is 5.79. The standard InChI is InChI=1S/C15H27N3O/c1-3-15(16,4-2)12-19-11-13-9-10-18(17-13)14-7-5-6-8-14/h9-10,14H,3-8,11-12,16H2,1-2H3. The van der Waals surface area contributed by atoms with Gasteiger partial charge in [0.05, 0.1) is 24.9 Å². The topological polar surface area (TPSA) is 53.1 Å². The van der Waals surface area contributed by atoms with Crippen LogP contribution in [0.5, 0.6) is 0 Å². The van der Waals surface area contributed by atoms with Crippen LogP contribution in [0.1, 0.15) is 64.1 Å². The summed E-state index contributed by atoms with van der Waals surface area (Å²) in [5.74, 6) is 0. The maximum atomic E-state index is 6.21.